The Labute approximate surface area is 136 Å². The molecule has 1 fully saturated rings. The van der Waals surface area contributed by atoms with Gasteiger partial charge in [-0.3, -0.25) is 4.79 Å². The van der Waals surface area contributed by atoms with Crippen molar-refractivity contribution in [3.63, 3.8) is 0 Å². The number of anilines is 2. The lowest BCUT2D eigenvalue weighted by Crippen LogP contribution is -2.51. The number of nitrogen functional groups attached to an aromatic ring is 1. The number of aromatic nitrogens is 2. The second-order valence-corrected chi connectivity index (χ2v) is 5.22. The van der Waals surface area contributed by atoms with Gasteiger partial charge in [0.1, 0.15) is 5.82 Å². The molecular formula is C14H15FN6O3. The van der Waals surface area contributed by atoms with Crippen molar-refractivity contribution in [3.05, 3.63) is 35.8 Å². The summed E-state index contributed by atoms with van der Waals surface area (Å²) in [4.78, 5) is 27.4. The van der Waals surface area contributed by atoms with Crippen LogP contribution in [0.4, 0.5) is 20.7 Å². The average Bonchev–Trinajstić information content (AvgIpc) is 3.00. The number of carbonyl (C=O) groups is 2. The van der Waals surface area contributed by atoms with Gasteiger partial charge < -0.3 is 20.9 Å². The van der Waals surface area contributed by atoms with Crippen molar-refractivity contribution in [1.82, 2.24) is 20.1 Å². The van der Waals surface area contributed by atoms with Crippen LogP contribution in [0.2, 0.25) is 0 Å². The number of hydrogen-bond donors (Lipinski definition) is 2. The maximum atomic E-state index is 13.1. The first-order chi connectivity index (χ1) is 11.5. The number of urea groups is 1. The summed E-state index contributed by atoms with van der Waals surface area (Å²) in [6, 6.07) is 5.29. The molecule has 0 unspecified atom stereocenters. The van der Waals surface area contributed by atoms with Gasteiger partial charge in [-0.1, -0.05) is 6.07 Å². The van der Waals surface area contributed by atoms with Crippen molar-refractivity contribution in [2.45, 2.75) is 0 Å². The summed E-state index contributed by atoms with van der Waals surface area (Å²) in [6.45, 7) is 1.31. The van der Waals surface area contributed by atoms with Crippen molar-refractivity contribution in [3.8, 4) is 0 Å². The lowest BCUT2D eigenvalue weighted by molar-refractivity contribution is 0.0661. The molecule has 2 heterocycles. The molecule has 0 radical (unpaired) electrons. The maximum absolute atomic E-state index is 13.1. The molecule has 1 saturated heterocycles. The van der Waals surface area contributed by atoms with E-state index in [9.17, 15) is 14.0 Å². The van der Waals surface area contributed by atoms with E-state index < -0.39 is 5.82 Å². The molecule has 0 spiro atoms. The molecule has 0 bridgehead atoms. The second kappa shape index (κ2) is 6.52. The third-order valence-corrected chi connectivity index (χ3v) is 3.65. The molecule has 1 aliphatic heterocycles. The van der Waals surface area contributed by atoms with Gasteiger partial charge in [-0.25, -0.2) is 13.8 Å². The number of piperazine rings is 1. The number of carbonyl (C=O) groups excluding carboxylic acids is 2. The fraction of sp³-hybridized carbons (Fsp3) is 0.286. The number of nitrogens with zero attached hydrogens (tertiary/aromatic N) is 4. The van der Waals surface area contributed by atoms with Crippen molar-refractivity contribution in [1.29, 1.82) is 0 Å². The van der Waals surface area contributed by atoms with E-state index in [1.807, 2.05) is 0 Å². The van der Waals surface area contributed by atoms with Gasteiger partial charge in [0.05, 0.1) is 0 Å². The molecule has 3 N–H and O–H groups in total. The van der Waals surface area contributed by atoms with Gasteiger partial charge in [0.25, 0.3) is 5.91 Å². The minimum absolute atomic E-state index is 0.0346. The summed E-state index contributed by atoms with van der Waals surface area (Å²) < 4.78 is 17.5. The fourth-order valence-electron chi connectivity index (χ4n) is 2.37. The standard InChI is InChI=1S/C14H15FN6O3/c15-9-2-1-3-10(8-9)17-14(23)21-6-4-20(5-7-21)13(22)11-12(16)19-24-18-11/h1-3,8H,4-7H2,(H2,16,19)(H,17,23). The van der Waals surface area contributed by atoms with Gasteiger partial charge >= 0.3 is 6.03 Å². The van der Waals surface area contributed by atoms with Crippen LogP contribution in [0.15, 0.2) is 28.9 Å². The Kier molecular flexibility index (Phi) is 4.27. The zero-order valence-electron chi connectivity index (χ0n) is 12.6. The molecule has 0 atom stereocenters. The molecule has 0 aliphatic carbocycles. The minimum Gasteiger partial charge on any atom is -0.379 e. The van der Waals surface area contributed by atoms with Crippen LogP contribution >= 0.6 is 0 Å². The lowest BCUT2D eigenvalue weighted by Gasteiger charge is -2.34. The van der Waals surface area contributed by atoms with Crippen molar-refractivity contribution < 1.29 is 18.6 Å². The molecule has 1 aromatic carbocycles. The highest BCUT2D eigenvalue weighted by Crippen LogP contribution is 2.13. The number of hydrogen-bond acceptors (Lipinski definition) is 6. The van der Waals surface area contributed by atoms with E-state index in [0.717, 1.165) is 0 Å². The number of benzene rings is 1. The molecule has 3 rings (SSSR count). The monoisotopic (exact) mass is 334 g/mol. The zero-order valence-corrected chi connectivity index (χ0v) is 12.6. The van der Waals surface area contributed by atoms with E-state index in [0.29, 0.717) is 31.9 Å². The highest BCUT2D eigenvalue weighted by Gasteiger charge is 2.28. The first kappa shape index (κ1) is 15.7. The van der Waals surface area contributed by atoms with Crippen LogP contribution in [-0.4, -0.2) is 58.2 Å². The molecule has 10 heteroatoms. The van der Waals surface area contributed by atoms with Gasteiger partial charge in [0.15, 0.2) is 0 Å². The van der Waals surface area contributed by atoms with Crippen LogP contribution in [-0.2, 0) is 0 Å². The number of rotatable bonds is 2. The summed E-state index contributed by atoms with van der Waals surface area (Å²) in [5.74, 6) is -0.882. The summed E-state index contributed by atoms with van der Waals surface area (Å²) in [5.41, 5.74) is 5.84. The Bertz CT molecular complexity index is 756. The first-order valence-corrected chi connectivity index (χ1v) is 7.23. The Morgan fingerprint density at radius 2 is 1.88 bits per heavy atom. The topological polar surface area (TPSA) is 118 Å². The highest BCUT2D eigenvalue weighted by molar-refractivity contribution is 5.96. The lowest BCUT2D eigenvalue weighted by atomic mass is 10.2. The summed E-state index contributed by atoms with van der Waals surface area (Å²) in [5, 5.41) is 9.47. The van der Waals surface area contributed by atoms with Crippen LogP contribution in [0.5, 0.6) is 0 Å². The largest absolute Gasteiger partial charge is 0.379 e. The van der Waals surface area contributed by atoms with Crippen LogP contribution in [0.3, 0.4) is 0 Å². The van der Waals surface area contributed by atoms with Crippen molar-refractivity contribution in [2.24, 2.45) is 0 Å². The molecule has 1 aliphatic rings. The molecule has 2 aromatic rings. The Morgan fingerprint density at radius 3 is 2.50 bits per heavy atom. The smallest absolute Gasteiger partial charge is 0.321 e. The quantitative estimate of drug-likeness (QED) is 0.838. The van der Waals surface area contributed by atoms with Crippen molar-refractivity contribution in [2.75, 3.05) is 37.2 Å². The van der Waals surface area contributed by atoms with Gasteiger partial charge in [-0.2, -0.15) is 0 Å². The van der Waals surface area contributed by atoms with Gasteiger partial charge in [0.2, 0.25) is 11.5 Å². The van der Waals surface area contributed by atoms with Crippen LogP contribution < -0.4 is 11.1 Å². The fourth-order valence-corrected chi connectivity index (χ4v) is 2.37. The van der Waals surface area contributed by atoms with Crippen LogP contribution in [0.1, 0.15) is 10.5 Å². The number of amides is 3. The van der Waals surface area contributed by atoms with E-state index in [4.69, 9.17) is 5.73 Å². The molecule has 9 nitrogen and oxygen atoms in total. The number of nitrogens with one attached hydrogen (secondary N) is 1. The normalized spacial score (nSPS) is 14.5. The van der Waals surface area contributed by atoms with Crippen molar-refractivity contribution >= 4 is 23.4 Å². The molecule has 126 valence electrons. The third-order valence-electron chi connectivity index (χ3n) is 3.65. The summed E-state index contributed by atoms with van der Waals surface area (Å²) in [7, 11) is 0. The van der Waals surface area contributed by atoms with E-state index in [-0.39, 0.29) is 23.5 Å². The van der Waals surface area contributed by atoms with E-state index in [2.05, 4.69) is 20.3 Å². The molecule has 24 heavy (non-hydrogen) atoms. The molecule has 1 aromatic heterocycles. The average molecular weight is 334 g/mol. The summed E-state index contributed by atoms with van der Waals surface area (Å²) >= 11 is 0. The van der Waals surface area contributed by atoms with Crippen LogP contribution in [0, 0.1) is 5.82 Å². The zero-order chi connectivity index (χ0) is 17.1. The third kappa shape index (κ3) is 3.26. The van der Waals surface area contributed by atoms with Gasteiger partial charge in [-0.15, -0.1) is 0 Å². The van der Waals surface area contributed by atoms with Gasteiger partial charge in [0, 0.05) is 31.9 Å². The second-order valence-electron chi connectivity index (χ2n) is 5.22. The Hall–Kier alpha value is -3.17. The molecule has 0 saturated carbocycles. The SMILES string of the molecule is Nc1nonc1C(=O)N1CCN(C(=O)Nc2cccc(F)c2)CC1. The maximum Gasteiger partial charge on any atom is 0.321 e. The number of nitrogens with two attached hydrogens (primary N) is 1. The molecule has 3 amide bonds. The Morgan fingerprint density at radius 1 is 1.17 bits per heavy atom. The molecular weight excluding hydrogens is 319 g/mol. The summed E-state index contributed by atoms with van der Waals surface area (Å²) in [6.07, 6.45) is 0. The predicted octanol–water partition coefficient (Wildman–Crippen LogP) is 0.781. The highest BCUT2D eigenvalue weighted by atomic mass is 19.1. The van der Waals surface area contributed by atoms with E-state index in [1.165, 1.54) is 23.1 Å². The van der Waals surface area contributed by atoms with Gasteiger partial charge in [-0.05, 0) is 28.5 Å². The Balaban J connectivity index is 1.56. The first-order valence-electron chi connectivity index (χ1n) is 7.23. The van der Waals surface area contributed by atoms with E-state index in [1.54, 1.807) is 11.0 Å². The van der Waals surface area contributed by atoms with Crippen LogP contribution in [0.25, 0.3) is 0 Å². The van der Waals surface area contributed by atoms with E-state index >= 15 is 0 Å². The predicted molar refractivity (Wildman–Crippen MR) is 81.6 cm³/mol. The minimum atomic E-state index is -0.429. The number of halogens is 1.